The summed E-state index contributed by atoms with van der Waals surface area (Å²) in [6.07, 6.45) is 11.9. The van der Waals surface area contributed by atoms with Crippen molar-refractivity contribution in [3.05, 3.63) is 23.8 Å². The van der Waals surface area contributed by atoms with E-state index >= 15 is 0 Å². The van der Waals surface area contributed by atoms with Crippen LogP contribution in [-0.2, 0) is 9.53 Å². The molecule has 0 amide bonds. The summed E-state index contributed by atoms with van der Waals surface area (Å²) in [6.45, 7) is 5.63. The molecule has 4 rings (SSSR count). The minimum atomic E-state index is 0.126. The fourth-order valence-corrected chi connectivity index (χ4v) is 5.60. The Morgan fingerprint density at radius 1 is 1.20 bits per heavy atom. The van der Waals surface area contributed by atoms with Crippen molar-refractivity contribution in [2.24, 2.45) is 23.2 Å². The summed E-state index contributed by atoms with van der Waals surface area (Å²) < 4.78 is 6.09. The van der Waals surface area contributed by atoms with Gasteiger partial charge in [0.2, 0.25) is 0 Å². The highest BCUT2D eigenvalue weighted by atomic mass is 16.5. The number of rotatable bonds is 0. The summed E-state index contributed by atoms with van der Waals surface area (Å²) >= 11 is 0. The normalized spacial score (nSPS) is 50.2. The molecule has 2 saturated carbocycles. The van der Waals surface area contributed by atoms with Gasteiger partial charge < -0.3 is 4.74 Å². The monoisotopic (exact) mass is 272 g/mol. The van der Waals surface area contributed by atoms with Crippen LogP contribution in [0.3, 0.4) is 0 Å². The SMILES string of the molecule is C[C@]12C=CC(=O)C=C1CC[C@@H]1[C@@H]2CC[C@]2(C)OCC[C@@H]12. The van der Waals surface area contributed by atoms with E-state index in [1.807, 2.05) is 6.08 Å². The molecule has 3 aliphatic carbocycles. The molecule has 5 atom stereocenters. The molecule has 20 heavy (non-hydrogen) atoms. The largest absolute Gasteiger partial charge is 0.375 e. The molecule has 0 spiro atoms. The first-order valence-electron chi connectivity index (χ1n) is 8.11. The molecule has 1 aliphatic heterocycles. The van der Waals surface area contributed by atoms with Crippen molar-refractivity contribution in [3.63, 3.8) is 0 Å². The minimum Gasteiger partial charge on any atom is -0.375 e. The van der Waals surface area contributed by atoms with Gasteiger partial charge in [-0.25, -0.2) is 0 Å². The number of ether oxygens (including phenoxy) is 1. The number of hydrogen-bond acceptors (Lipinski definition) is 2. The molecule has 4 aliphatic rings. The quantitative estimate of drug-likeness (QED) is 0.672. The first kappa shape index (κ1) is 12.8. The molecular weight excluding hydrogens is 248 g/mol. The lowest BCUT2D eigenvalue weighted by Gasteiger charge is -2.55. The van der Waals surface area contributed by atoms with E-state index in [9.17, 15) is 4.79 Å². The van der Waals surface area contributed by atoms with Crippen LogP contribution in [0.2, 0.25) is 0 Å². The van der Waals surface area contributed by atoms with Gasteiger partial charge in [0, 0.05) is 12.0 Å². The molecule has 0 aromatic rings. The van der Waals surface area contributed by atoms with E-state index in [0.29, 0.717) is 5.92 Å². The third kappa shape index (κ3) is 1.57. The molecule has 0 unspecified atom stereocenters. The van der Waals surface area contributed by atoms with Crippen LogP contribution in [0.25, 0.3) is 0 Å². The molecule has 2 heteroatoms. The van der Waals surface area contributed by atoms with Crippen LogP contribution in [0.5, 0.6) is 0 Å². The van der Waals surface area contributed by atoms with Crippen LogP contribution in [-0.4, -0.2) is 18.0 Å². The third-order valence-corrected chi connectivity index (χ3v) is 6.75. The first-order chi connectivity index (χ1) is 9.53. The van der Waals surface area contributed by atoms with E-state index in [-0.39, 0.29) is 16.8 Å². The van der Waals surface area contributed by atoms with E-state index in [2.05, 4.69) is 19.9 Å². The van der Waals surface area contributed by atoms with Gasteiger partial charge in [-0.1, -0.05) is 18.6 Å². The fourth-order valence-electron chi connectivity index (χ4n) is 5.60. The van der Waals surface area contributed by atoms with E-state index in [0.717, 1.165) is 24.9 Å². The first-order valence-corrected chi connectivity index (χ1v) is 8.11. The Labute approximate surface area is 121 Å². The maximum atomic E-state index is 11.7. The van der Waals surface area contributed by atoms with Crippen molar-refractivity contribution in [3.8, 4) is 0 Å². The molecule has 0 N–H and O–H groups in total. The highest BCUT2D eigenvalue weighted by Gasteiger charge is 2.56. The number of ketones is 1. The molecule has 3 fully saturated rings. The average Bonchev–Trinajstić information content (AvgIpc) is 2.81. The highest BCUT2D eigenvalue weighted by molar-refractivity contribution is 6.01. The predicted molar refractivity (Wildman–Crippen MR) is 78.2 cm³/mol. The van der Waals surface area contributed by atoms with E-state index in [1.54, 1.807) is 6.08 Å². The molecule has 1 saturated heterocycles. The number of carbonyl (C=O) groups excluding carboxylic acids is 1. The summed E-state index contributed by atoms with van der Waals surface area (Å²) in [7, 11) is 0. The van der Waals surface area contributed by atoms with Gasteiger partial charge in [0.15, 0.2) is 5.78 Å². The van der Waals surface area contributed by atoms with Gasteiger partial charge >= 0.3 is 0 Å². The number of hydrogen-bond donors (Lipinski definition) is 0. The summed E-state index contributed by atoms with van der Waals surface area (Å²) in [5.74, 6) is 2.38. The van der Waals surface area contributed by atoms with Crippen molar-refractivity contribution < 1.29 is 9.53 Å². The van der Waals surface area contributed by atoms with Crippen molar-refractivity contribution in [1.82, 2.24) is 0 Å². The van der Waals surface area contributed by atoms with Gasteiger partial charge in [-0.05, 0) is 68.9 Å². The van der Waals surface area contributed by atoms with Crippen LogP contribution in [0.15, 0.2) is 23.8 Å². The Hall–Kier alpha value is -0.890. The van der Waals surface area contributed by atoms with Crippen molar-refractivity contribution in [1.29, 1.82) is 0 Å². The van der Waals surface area contributed by atoms with Gasteiger partial charge in [0.05, 0.1) is 5.60 Å². The van der Waals surface area contributed by atoms with Crippen molar-refractivity contribution in [2.45, 2.75) is 51.6 Å². The maximum absolute atomic E-state index is 11.7. The smallest absolute Gasteiger partial charge is 0.178 e. The van der Waals surface area contributed by atoms with Crippen LogP contribution < -0.4 is 0 Å². The summed E-state index contributed by atoms with van der Waals surface area (Å²) in [4.78, 5) is 11.7. The van der Waals surface area contributed by atoms with E-state index in [4.69, 9.17) is 4.74 Å². The number of allylic oxidation sites excluding steroid dienone is 4. The Morgan fingerprint density at radius 2 is 2.05 bits per heavy atom. The third-order valence-electron chi connectivity index (χ3n) is 6.75. The Kier molecular flexibility index (Phi) is 2.61. The Balaban J connectivity index is 1.71. The lowest BCUT2D eigenvalue weighted by atomic mass is 9.50. The number of fused-ring (bicyclic) bond motifs is 5. The summed E-state index contributed by atoms with van der Waals surface area (Å²) in [5.41, 5.74) is 1.64. The zero-order valence-corrected chi connectivity index (χ0v) is 12.5. The minimum absolute atomic E-state index is 0.126. The molecule has 108 valence electrons. The van der Waals surface area contributed by atoms with Gasteiger partial charge in [-0.2, -0.15) is 0 Å². The lowest BCUT2D eigenvalue weighted by Crippen LogP contribution is -2.51. The van der Waals surface area contributed by atoms with Gasteiger partial charge in [-0.3, -0.25) is 4.79 Å². The number of carbonyl (C=O) groups is 1. The predicted octanol–water partition coefficient (Wildman–Crippen LogP) is 3.67. The maximum Gasteiger partial charge on any atom is 0.178 e. The average molecular weight is 272 g/mol. The zero-order chi connectivity index (χ0) is 14.0. The van der Waals surface area contributed by atoms with Crippen LogP contribution in [0.4, 0.5) is 0 Å². The van der Waals surface area contributed by atoms with Crippen LogP contribution in [0, 0.1) is 23.2 Å². The van der Waals surface area contributed by atoms with Crippen molar-refractivity contribution >= 4 is 5.78 Å². The second-order valence-corrected chi connectivity index (χ2v) is 7.59. The second kappa shape index (κ2) is 4.07. The molecular formula is C18H24O2. The fraction of sp³-hybridized carbons (Fsp3) is 0.722. The van der Waals surface area contributed by atoms with Crippen LogP contribution >= 0.6 is 0 Å². The highest BCUT2D eigenvalue weighted by Crippen LogP contribution is 2.60. The topological polar surface area (TPSA) is 26.3 Å². The molecule has 0 aromatic heterocycles. The van der Waals surface area contributed by atoms with Crippen LogP contribution in [0.1, 0.15) is 46.0 Å². The summed E-state index contributed by atoms with van der Waals surface area (Å²) in [5, 5.41) is 0. The standard InChI is InChI=1S/C18H24O2/c1-17-8-5-13(19)11-12(17)3-4-14-15(17)6-9-18(2)16(14)7-10-20-18/h5,8,11,14-16H,3-4,6-7,9-10H2,1-2H3/t14-,15+,16+,17+,18+/m1/s1. The zero-order valence-electron chi connectivity index (χ0n) is 12.5. The molecule has 0 bridgehead atoms. The van der Waals surface area contributed by atoms with Gasteiger partial charge in [0.1, 0.15) is 0 Å². The Bertz CT molecular complexity index is 518. The Morgan fingerprint density at radius 3 is 2.90 bits per heavy atom. The summed E-state index contributed by atoms with van der Waals surface area (Å²) in [6, 6.07) is 0. The molecule has 1 heterocycles. The van der Waals surface area contributed by atoms with Gasteiger partial charge in [0.25, 0.3) is 0 Å². The second-order valence-electron chi connectivity index (χ2n) is 7.59. The molecule has 2 nitrogen and oxygen atoms in total. The van der Waals surface area contributed by atoms with Gasteiger partial charge in [-0.15, -0.1) is 0 Å². The molecule has 0 radical (unpaired) electrons. The van der Waals surface area contributed by atoms with Crippen molar-refractivity contribution in [2.75, 3.05) is 6.61 Å². The van der Waals surface area contributed by atoms with E-state index < -0.39 is 0 Å². The van der Waals surface area contributed by atoms with E-state index in [1.165, 1.54) is 31.3 Å². The lowest BCUT2D eigenvalue weighted by molar-refractivity contribution is -0.111. The molecule has 0 aromatic carbocycles.